The first kappa shape index (κ1) is 16.9. The Morgan fingerprint density at radius 2 is 2.16 bits per heavy atom. The van der Waals surface area contributed by atoms with Gasteiger partial charge >= 0.3 is 5.97 Å². The van der Waals surface area contributed by atoms with Gasteiger partial charge in [-0.2, -0.15) is 0 Å². The lowest BCUT2D eigenvalue weighted by atomic mass is 10.0. The molecule has 8 nitrogen and oxygen atoms in total. The van der Waals surface area contributed by atoms with E-state index in [0.717, 1.165) is 12.8 Å². The third-order valence-electron chi connectivity index (χ3n) is 4.56. The Hall–Kier alpha value is -2.90. The molecule has 1 aromatic carbocycles. The lowest BCUT2D eigenvalue weighted by molar-refractivity contribution is -0.383. The fraction of sp³-hybridized carbons (Fsp3) is 0.412. The van der Waals surface area contributed by atoms with Crippen LogP contribution in [0.25, 0.3) is 10.9 Å². The number of benzene rings is 1. The molecule has 0 saturated carbocycles. The SMILES string of the molecule is CCCCN1CCc2c(n(CC(=O)O)c3c([N+](=O)[O-])cccc23)C1=O. The molecule has 2 aromatic rings. The summed E-state index contributed by atoms with van der Waals surface area (Å²) in [6, 6.07) is 4.62. The van der Waals surface area contributed by atoms with Crippen LogP contribution in [0.1, 0.15) is 35.8 Å². The van der Waals surface area contributed by atoms with E-state index >= 15 is 0 Å². The quantitative estimate of drug-likeness (QED) is 0.639. The molecule has 0 fully saturated rings. The van der Waals surface area contributed by atoms with E-state index in [9.17, 15) is 24.8 Å². The molecule has 0 aliphatic carbocycles. The Morgan fingerprint density at radius 3 is 2.80 bits per heavy atom. The molecule has 0 spiro atoms. The summed E-state index contributed by atoms with van der Waals surface area (Å²) in [4.78, 5) is 36.8. The molecular formula is C17H19N3O5. The largest absolute Gasteiger partial charge is 0.480 e. The second-order valence-electron chi connectivity index (χ2n) is 6.13. The normalized spacial score (nSPS) is 14.0. The van der Waals surface area contributed by atoms with Crippen molar-refractivity contribution in [3.8, 4) is 0 Å². The number of non-ortho nitro benzene ring substituents is 1. The number of nitrogens with zero attached hydrogens (tertiary/aromatic N) is 3. The van der Waals surface area contributed by atoms with Crippen molar-refractivity contribution in [2.75, 3.05) is 13.1 Å². The number of hydrogen-bond donors (Lipinski definition) is 1. The van der Waals surface area contributed by atoms with Crippen molar-refractivity contribution in [2.45, 2.75) is 32.7 Å². The number of hydrogen-bond acceptors (Lipinski definition) is 4. The van der Waals surface area contributed by atoms with Crippen molar-refractivity contribution in [2.24, 2.45) is 0 Å². The number of carbonyl (C=O) groups excluding carboxylic acids is 1. The second-order valence-corrected chi connectivity index (χ2v) is 6.13. The van der Waals surface area contributed by atoms with E-state index in [4.69, 9.17) is 0 Å². The number of nitro benzene ring substituents is 1. The van der Waals surface area contributed by atoms with Crippen LogP contribution < -0.4 is 0 Å². The van der Waals surface area contributed by atoms with Crippen LogP contribution in [-0.4, -0.2) is 44.5 Å². The average Bonchev–Trinajstić information content (AvgIpc) is 2.88. The van der Waals surface area contributed by atoms with E-state index in [2.05, 4.69) is 0 Å². The highest BCUT2D eigenvalue weighted by Gasteiger charge is 2.33. The first-order valence-electron chi connectivity index (χ1n) is 8.25. The monoisotopic (exact) mass is 345 g/mol. The maximum Gasteiger partial charge on any atom is 0.323 e. The summed E-state index contributed by atoms with van der Waals surface area (Å²) in [5.74, 6) is -1.39. The van der Waals surface area contributed by atoms with Gasteiger partial charge in [-0.05, 0) is 18.4 Å². The molecule has 8 heteroatoms. The zero-order valence-corrected chi connectivity index (χ0v) is 13.9. The Bertz CT molecular complexity index is 871. The number of amides is 1. The topological polar surface area (TPSA) is 106 Å². The minimum absolute atomic E-state index is 0.180. The average molecular weight is 345 g/mol. The summed E-state index contributed by atoms with van der Waals surface area (Å²) in [6.45, 7) is 2.70. The van der Waals surface area contributed by atoms with Gasteiger partial charge in [-0.1, -0.05) is 25.5 Å². The molecule has 3 rings (SSSR count). The van der Waals surface area contributed by atoms with Crippen molar-refractivity contribution in [1.82, 2.24) is 9.47 Å². The highest BCUT2D eigenvalue weighted by molar-refractivity contribution is 6.05. The van der Waals surface area contributed by atoms with Crippen LogP contribution in [0.3, 0.4) is 0 Å². The maximum atomic E-state index is 12.9. The number of unbranched alkanes of at least 4 members (excludes halogenated alkanes) is 1. The second kappa shape index (κ2) is 6.54. The molecule has 1 aliphatic rings. The van der Waals surface area contributed by atoms with E-state index in [0.29, 0.717) is 30.5 Å². The number of carboxylic acid groups (broad SMARTS) is 1. The smallest absolute Gasteiger partial charge is 0.323 e. The molecule has 132 valence electrons. The fourth-order valence-corrected chi connectivity index (χ4v) is 3.46. The van der Waals surface area contributed by atoms with Crippen LogP contribution in [-0.2, 0) is 17.8 Å². The minimum Gasteiger partial charge on any atom is -0.480 e. The van der Waals surface area contributed by atoms with E-state index in [1.54, 1.807) is 17.0 Å². The predicted molar refractivity (Wildman–Crippen MR) is 90.7 cm³/mol. The number of carbonyl (C=O) groups is 2. The van der Waals surface area contributed by atoms with Crippen LogP contribution in [0.5, 0.6) is 0 Å². The molecule has 2 heterocycles. The van der Waals surface area contributed by atoms with Crippen molar-refractivity contribution < 1.29 is 19.6 Å². The summed E-state index contributed by atoms with van der Waals surface area (Å²) in [5, 5.41) is 21.2. The van der Waals surface area contributed by atoms with E-state index in [1.807, 2.05) is 6.92 Å². The van der Waals surface area contributed by atoms with E-state index in [1.165, 1.54) is 10.6 Å². The van der Waals surface area contributed by atoms with Gasteiger partial charge in [0.15, 0.2) is 0 Å². The Kier molecular flexibility index (Phi) is 4.43. The zero-order chi connectivity index (χ0) is 18.1. The van der Waals surface area contributed by atoms with Crippen molar-refractivity contribution in [1.29, 1.82) is 0 Å². The molecule has 1 amide bonds. The Labute approximate surface area is 143 Å². The van der Waals surface area contributed by atoms with Crippen molar-refractivity contribution in [3.63, 3.8) is 0 Å². The molecule has 1 aromatic heterocycles. The van der Waals surface area contributed by atoms with Gasteiger partial charge < -0.3 is 14.6 Å². The van der Waals surface area contributed by atoms with E-state index in [-0.39, 0.29) is 22.8 Å². The highest BCUT2D eigenvalue weighted by Crippen LogP contribution is 2.35. The number of aromatic nitrogens is 1. The zero-order valence-electron chi connectivity index (χ0n) is 13.9. The Morgan fingerprint density at radius 1 is 1.40 bits per heavy atom. The summed E-state index contributed by atoms with van der Waals surface area (Å²) in [5.41, 5.74) is 1.01. The lowest BCUT2D eigenvalue weighted by Gasteiger charge is -2.28. The lowest BCUT2D eigenvalue weighted by Crippen LogP contribution is -2.39. The molecule has 0 radical (unpaired) electrons. The first-order chi connectivity index (χ1) is 12.0. The van der Waals surface area contributed by atoms with Gasteiger partial charge in [-0.15, -0.1) is 0 Å². The van der Waals surface area contributed by atoms with Crippen LogP contribution in [0.2, 0.25) is 0 Å². The molecule has 0 unspecified atom stereocenters. The molecule has 1 aliphatic heterocycles. The summed E-state index contributed by atoms with van der Waals surface area (Å²) < 4.78 is 1.30. The maximum absolute atomic E-state index is 12.9. The first-order valence-corrected chi connectivity index (χ1v) is 8.25. The molecular weight excluding hydrogens is 326 g/mol. The van der Waals surface area contributed by atoms with Gasteiger partial charge in [-0.3, -0.25) is 19.7 Å². The summed E-state index contributed by atoms with van der Waals surface area (Å²) in [7, 11) is 0. The molecule has 0 bridgehead atoms. The third-order valence-corrected chi connectivity index (χ3v) is 4.56. The van der Waals surface area contributed by atoms with Gasteiger partial charge in [0.2, 0.25) is 0 Å². The molecule has 1 N–H and O–H groups in total. The summed E-state index contributed by atoms with van der Waals surface area (Å²) >= 11 is 0. The van der Waals surface area contributed by atoms with Crippen LogP contribution >= 0.6 is 0 Å². The number of para-hydroxylation sites is 1. The molecule has 25 heavy (non-hydrogen) atoms. The Balaban J connectivity index is 2.24. The van der Waals surface area contributed by atoms with Crippen LogP contribution in [0.4, 0.5) is 5.69 Å². The van der Waals surface area contributed by atoms with Gasteiger partial charge in [0, 0.05) is 24.5 Å². The van der Waals surface area contributed by atoms with E-state index < -0.39 is 17.4 Å². The van der Waals surface area contributed by atoms with Crippen molar-refractivity contribution in [3.05, 3.63) is 39.6 Å². The van der Waals surface area contributed by atoms with Crippen LogP contribution in [0, 0.1) is 10.1 Å². The summed E-state index contributed by atoms with van der Waals surface area (Å²) in [6.07, 6.45) is 2.37. The van der Waals surface area contributed by atoms with Gasteiger partial charge in [0.25, 0.3) is 11.6 Å². The van der Waals surface area contributed by atoms with Gasteiger partial charge in [0.1, 0.15) is 17.8 Å². The van der Waals surface area contributed by atoms with Crippen molar-refractivity contribution >= 4 is 28.5 Å². The number of carboxylic acids is 1. The fourth-order valence-electron chi connectivity index (χ4n) is 3.46. The number of fused-ring (bicyclic) bond motifs is 3. The highest BCUT2D eigenvalue weighted by atomic mass is 16.6. The minimum atomic E-state index is -1.14. The molecule has 0 saturated heterocycles. The van der Waals surface area contributed by atoms with Gasteiger partial charge in [0.05, 0.1) is 4.92 Å². The molecule has 0 atom stereocenters. The standard InChI is InChI=1S/C17H19N3O5/c1-2-3-8-18-9-7-12-11-5-4-6-13(20(24)25)15(11)19(10-14(21)22)16(12)17(18)23/h4-6H,2-3,7-10H2,1H3,(H,21,22). The van der Waals surface area contributed by atoms with Crippen LogP contribution in [0.15, 0.2) is 18.2 Å². The number of aliphatic carboxylic acids is 1. The number of rotatable bonds is 6. The van der Waals surface area contributed by atoms with Gasteiger partial charge in [-0.25, -0.2) is 0 Å². The third kappa shape index (κ3) is 2.84. The number of nitro groups is 1. The predicted octanol–water partition coefficient (Wildman–Crippen LogP) is 2.43.